The average molecular weight is 399 g/mol. The number of benzene rings is 2. The van der Waals surface area contributed by atoms with Gasteiger partial charge in [0.1, 0.15) is 23.1 Å². The zero-order valence-corrected chi connectivity index (χ0v) is 16.3. The third-order valence-electron chi connectivity index (χ3n) is 4.20. The molecule has 6 heteroatoms. The van der Waals surface area contributed by atoms with Gasteiger partial charge < -0.3 is 4.74 Å². The number of pyridine rings is 1. The number of halogens is 2. The molecule has 1 aromatic heterocycles. The van der Waals surface area contributed by atoms with E-state index in [-0.39, 0.29) is 5.56 Å². The topological polar surface area (TPSA) is 39.2 Å². The smallest absolute Gasteiger partial charge is 0.168 e. The van der Waals surface area contributed by atoms with Crippen molar-refractivity contribution in [2.75, 3.05) is 6.61 Å². The van der Waals surface area contributed by atoms with Gasteiger partial charge in [-0.2, -0.15) is 0 Å². The van der Waals surface area contributed by atoms with Crippen molar-refractivity contribution in [3.63, 3.8) is 0 Å². The molecule has 0 saturated heterocycles. The van der Waals surface area contributed by atoms with E-state index in [1.165, 1.54) is 17.8 Å². The van der Waals surface area contributed by atoms with Crippen LogP contribution in [0, 0.1) is 18.6 Å². The summed E-state index contributed by atoms with van der Waals surface area (Å²) in [5.41, 5.74) is 2.02. The minimum absolute atomic E-state index is 0.225. The van der Waals surface area contributed by atoms with E-state index in [1.54, 1.807) is 12.3 Å². The van der Waals surface area contributed by atoms with Crippen LogP contribution in [0.2, 0.25) is 0 Å². The van der Waals surface area contributed by atoms with E-state index in [0.717, 1.165) is 28.3 Å². The summed E-state index contributed by atoms with van der Waals surface area (Å²) in [6.07, 6.45) is 2.21. The van der Waals surface area contributed by atoms with Crippen LogP contribution in [0.15, 0.2) is 59.6 Å². The van der Waals surface area contributed by atoms with E-state index in [1.807, 2.05) is 38.1 Å². The first kappa shape index (κ1) is 20.0. The highest BCUT2D eigenvalue weighted by atomic mass is 32.2. The molecule has 0 radical (unpaired) electrons. The molecular formula is C22H19F2NO2S. The molecule has 1 atom stereocenters. The predicted molar refractivity (Wildman–Crippen MR) is 106 cm³/mol. The fourth-order valence-corrected chi connectivity index (χ4v) is 4.10. The maximum absolute atomic E-state index is 14.6. The molecule has 3 nitrogen and oxygen atoms in total. The molecule has 0 saturated carbocycles. The number of carbonyl (C=O) groups excluding carboxylic acids is 1. The second-order valence-corrected chi connectivity index (χ2v) is 7.33. The molecule has 0 N–H and O–H groups in total. The van der Waals surface area contributed by atoms with Gasteiger partial charge in [0.05, 0.1) is 11.9 Å². The Morgan fingerprint density at radius 1 is 1.11 bits per heavy atom. The largest absolute Gasteiger partial charge is 0.494 e. The number of thioether (sulfide) groups is 1. The highest BCUT2D eigenvalue weighted by Crippen LogP contribution is 2.43. The SMILES string of the molecule is CCOc1ccc(SC(c2cnc(C=O)cc2C)c2cc(F)ccc2F)cc1. The summed E-state index contributed by atoms with van der Waals surface area (Å²) in [7, 11) is 0. The van der Waals surface area contributed by atoms with Crippen molar-refractivity contribution < 1.29 is 18.3 Å². The van der Waals surface area contributed by atoms with Crippen LogP contribution in [0.25, 0.3) is 0 Å². The van der Waals surface area contributed by atoms with Crippen LogP contribution in [0.4, 0.5) is 8.78 Å². The fourth-order valence-electron chi connectivity index (χ4n) is 2.85. The molecule has 144 valence electrons. The number of aldehydes is 1. The minimum Gasteiger partial charge on any atom is -0.494 e. The number of ether oxygens (including phenoxy) is 1. The molecule has 0 fully saturated rings. The number of rotatable bonds is 7. The Labute approximate surface area is 166 Å². The first-order chi connectivity index (χ1) is 13.5. The Morgan fingerprint density at radius 3 is 2.50 bits per heavy atom. The number of carbonyl (C=O) groups is 1. The van der Waals surface area contributed by atoms with Crippen LogP contribution in [0.3, 0.4) is 0 Å². The van der Waals surface area contributed by atoms with Crippen LogP contribution in [0.1, 0.15) is 39.4 Å². The van der Waals surface area contributed by atoms with Gasteiger partial charge in [-0.15, -0.1) is 11.8 Å². The van der Waals surface area contributed by atoms with E-state index in [9.17, 15) is 13.6 Å². The number of hydrogen-bond donors (Lipinski definition) is 0. The quantitative estimate of drug-likeness (QED) is 0.374. The van der Waals surface area contributed by atoms with E-state index in [0.29, 0.717) is 24.2 Å². The first-order valence-corrected chi connectivity index (χ1v) is 9.66. The lowest BCUT2D eigenvalue weighted by Crippen LogP contribution is -2.05. The molecule has 2 aromatic carbocycles. The van der Waals surface area contributed by atoms with Gasteiger partial charge in [-0.3, -0.25) is 9.78 Å². The summed E-state index contributed by atoms with van der Waals surface area (Å²) in [6.45, 7) is 4.30. The zero-order chi connectivity index (χ0) is 20.1. The van der Waals surface area contributed by atoms with Gasteiger partial charge in [0.2, 0.25) is 0 Å². The Bertz CT molecular complexity index is 977. The van der Waals surface area contributed by atoms with Gasteiger partial charge in [0.15, 0.2) is 6.29 Å². The molecule has 0 spiro atoms. The van der Waals surface area contributed by atoms with Crippen LogP contribution in [-0.4, -0.2) is 17.9 Å². The van der Waals surface area contributed by atoms with Gasteiger partial charge in [0, 0.05) is 16.7 Å². The molecule has 0 aliphatic heterocycles. The number of hydrogen-bond acceptors (Lipinski definition) is 4. The molecule has 1 heterocycles. The average Bonchev–Trinajstić information content (AvgIpc) is 2.70. The van der Waals surface area contributed by atoms with Crippen molar-refractivity contribution in [1.82, 2.24) is 4.98 Å². The summed E-state index contributed by atoms with van der Waals surface area (Å²) in [6, 6.07) is 12.5. The summed E-state index contributed by atoms with van der Waals surface area (Å²) in [5.74, 6) is -0.263. The minimum atomic E-state index is -0.526. The molecule has 1 unspecified atom stereocenters. The van der Waals surface area contributed by atoms with Crippen molar-refractivity contribution in [3.05, 3.63) is 88.7 Å². The first-order valence-electron chi connectivity index (χ1n) is 8.78. The standard InChI is InChI=1S/C22H19F2NO2S/c1-3-27-17-5-7-18(8-6-17)28-22(19-11-15(23)4-9-21(19)24)20-12-25-16(13-26)10-14(20)2/h4-13,22H,3H2,1-2H3. The lowest BCUT2D eigenvalue weighted by Gasteiger charge is -2.20. The molecule has 0 bridgehead atoms. The van der Waals surface area contributed by atoms with E-state index < -0.39 is 16.9 Å². The molecule has 0 aliphatic rings. The lowest BCUT2D eigenvalue weighted by molar-refractivity contribution is 0.111. The Balaban J connectivity index is 2.04. The zero-order valence-electron chi connectivity index (χ0n) is 15.5. The van der Waals surface area contributed by atoms with Crippen molar-refractivity contribution in [3.8, 4) is 5.75 Å². The highest BCUT2D eigenvalue weighted by Gasteiger charge is 2.22. The monoisotopic (exact) mass is 399 g/mol. The molecule has 0 amide bonds. The van der Waals surface area contributed by atoms with Crippen molar-refractivity contribution in [2.45, 2.75) is 24.0 Å². The van der Waals surface area contributed by atoms with Crippen LogP contribution in [-0.2, 0) is 0 Å². The summed E-state index contributed by atoms with van der Waals surface area (Å²) in [4.78, 5) is 16.0. The second kappa shape index (κ2) is 8.97. The predicted octanol–water partition coefficient (Wildman–Crippen LogP) is 5.76. The van der Waals surface area contributed by atoms with Gasteiger partial charge in [0.25, 0.3) is 0 Å². The lowest BCUT2D eigenvalue weighted by atomic mass is 10.0. The summed E-state index contributed by atoms with van der Waals surface area (Å²) in [5, 5.41) is -0.526. The maximum atomic E-state index is 14.6. The Kier molecular flexibility index (Phi) is 6.41. The van der Waals surface area contributed by atoms with Gasteiger partial charge in [-0.25, -0.2) is 8.78 Å². The third-order valence-corrected chi connectivity index (χ3v) is 5.49. The Morgan fingerprint density at radius 2 is 1.86 bits per heavy atom. The molecular weight excluding hydrogens is 380 g/mol. The Hall–Kier alpha value is -2.73. The molecule has 0 aliphatic carbocycles. The summed E-state index contributed by atoms with van der Waals surface area (Å²) >= 11 is 1.38. The number of aromatic nitrogens is 1. The fraction of sp³-hybridized carbons (Fsp3) is 0.182. The second-order valence-electron chi connectivity index (χ2n) is 6.15. The number of aryl methyl sites for hydroxylation is 1. The molecule has 3 aromatic rings. The van der Waals surface area contributed by atoms with Gasteiger partial charge >= 0.3 is 0 Å². The van der Waals surface area contributed by atoms with Gasteiger partial charge in [-0.05, 0) is 73.5 Å². The van der Waals surface area contributed by atoms with Crippen molar-refractivity contribution in [2.24, 2.45) is 0 Å². The summed E-state index contributed by atoms with van der Waals surface area (Å²) < 4.78 is 33.9. The van der Waals surface area contributed by atoms with Crippen LogP contribution >= 0.6 is 11.8 Å². The van der Waals surface area contributed by atoms with Crippen molar-refractivity contribution >= 4 is 18.0 Å². The third kappa shape index (κ3) is 4.57. The maximum Gasteiger partial charge on any atom is 0.168 e. The van der Waals surface area contributed by atoms with Crippen molar-refractivity contribution in [1.29, 1.82) is 0 Å². The van der Waals surface area contributed by atoms with Crippen LogP contribution < -0.4 is 4.74 Å². The van der Waals surface area contributed by atoms with E-state index >= 15 is 0 Å². The normalized spacial score (nSPS) is 11.9. The van der Waals surface area contributed by atoms with E-state index in [2.05, 4.69) is 4.98 Å². The van der Waals surface area contributed by atoms with Crippen LogP contribution in [0.5, 0.6) is 5.75 Å². The highest BCUT2D eigenvalue weighted by molar-refractivity contribution is 7.99. The van der Waals surface area contributed by atoms with Gasteiger partial charge in [-0.1, -0.05) is 0 Å². The molecule has 28 heavy (non-hydrogen) atoms. The van der Waals surface area contributed by atoms with E-state index in [4.69, 9.17) is 4.74 Å². The molecule has 3 rings (SSSR count). The number of nitrogens with zero attached hydrogens (tertiary/aromatic N) is 1.